The van der Waals surface area contributed by atoms with Gasteiger partial charge in [0.1, 0.15) is 5.75 Å². The second-order valence-corrected chi connectivity index (χ2v) is 2.87. The molecule has 0 saturated heterocycles. The number of aromatic nitrogens is 2. The Morgan fingerprint density at radius 2 is 1.87 bits per heavy atom. The maximum absolute atomic E-state index is 5.09. The summed E-state index contributed by atoms with van der Waals surface area (Å²) in [5.74, 6) is 0.812. The van der Waals surface area contributed by atoms with Crippen LogP contribution in [-0.4, -0.2) is 17.1 Å². The lowest BCUT2D eigenvalue weighted by atomic mass is 10.3. The summed E-state index contributed by atoms with van der Waals surface area (Å²) in [6.07, 6.45) is 1.76. The summed E-state index contributed by atoms with van der Waals surface area (Å²) < 4.78 is 5.09. The summed E-state index contributed by atoms with van der Waals surface area (Å²) in [7, 11) is 1.64. The first-order chi connectivity index (χ1) is 7.29. The number of fused-ring (bicyclic) bond motifs is 1. The molecule has 0 saturated carbocycles. The zero-order valence-electron chi connectivity index (χ0n) is 9.61. The normalized spacial score (nSPS) is 9.33. The van der Waals surface area contributed by atoms with Crippen LogP contribution in [0.5, 0.6) is 5.75 Å². The van der Waals surface area contributed by atoms with E-state index in [9.17, 15) is 0 Å². The van der Waals surface area contributed by atoms with E-state index in [1.54, 1.807) is 13.3 Å². The highest BCUT2D eigenvalue weighted by atomic mass is 16.5. The van der Waals surface area contributed by atoms with Crippen molar-refractivity contribution in [1.82, 2.24) is 9.97 Å². The molecule has 0 aliphatic heterocycles. The van der Waals surface area contributed by atoms with Crippen molar-refractivity contribution in [3.05, 3.63) is 30.1 Å². The Hall–Kier alpha value is -1.64. The molecule has 0 N–H and O–H groups in total. The molecule has 2 rings (SSSR count). The summed E-state index contributed by atoms with van der Waals surface area (Å²) in [6.45, 7) is 5.92. The van der Waals surface area contributed by atoms with Crippen LogP contribution >= 0.6 is 0 Å². The Morgan fingerprint density at radius 3 is 2.53 bits per heavy atom. The first-order valence-electron chi connectivity index (χ1n) is 5.07. The van der Waals surface area contributed by atoms with E-state index in [0.717, 1.165) is 22.5 Å². The minimum Gasteiger partial charge on any atom is -0.497 e. The van der Waals surface area contributed by atoms with Crippen molar-refractivity contribution in [2.75, 3.05) is 7.11 Å². The van der Waals surface area contributed by atoms with Gasteiger partial charge in [-0.1, -0.05) is 13.8 Å². The van der Waals surface area contributed by atoms with Crippen molar-refractivity contribution in [2.45, 2.75) is 20.8 Å². The van der Waals surface area contributed by atoms with Crippen molar-refractivity contribution < 1.29 is 4.74 Å². The largest absolute Gasteiger partial charge is 0.497 e. The molecule has 2 aromatic rings. The molecule has 3 nitrogen and oxygen atoms in total. The van der Waals surface area contributed by atoms with E-state index in [0.29, 0.717) is 0 Å². The molecule has 0 fully saturated rings. The third kappa shape index (κ3) is 2.65. The fraction of sp³-hybridized carbons (Fsp3) is 0.333. The number of aryl methyl sites for hydroxylation is 1. The molecule has 0 unspecified atom stereocenters. The smallest absolute Gasteiger partial charge is 0.121 e. The molecule has 0 amide bonds. The number of ether oxygens (including phenoxy) is 1. The van der Waals surface area contributed by atoms with E-state index in [1.165, 1.54) is 0 Å². The highest BCUT2D eigenvalue weighted by molar-refractivity contribution is 5.75. The lowest BCUT2D eigenvalue weighted by molar-refractivity contribution is 0.415. The van der Waals surface area contributed by atoms with E-state index in [1.807, 2.05) is 39.0 Å². The van der Waals surface area contributed by atoms with Gasteiger partial charge >= 0.3 is 0 Å². The summed E-state index contributed by atoms with van der Waals surface area (Å²) in [5, 5.41) is 0. The summed E-state index contributed by atoms with van der Waals surface area (Å²) in [6, 6.07) is 5.67. The number of methoxy groups -OCH3 is 1. The van der Waals surface area contributed by atoms with Crippen LogP contribution < -0.4 is 4.74 Å². The average Bonchev–Trinajstić information content (AvgIpc) is 2.30. The van der Waals surface area contributed by atoms with Gasteiger partial charge in [-0.05, 0) is 19.1 Å². The second kappa shape index (κ2) is 5.29. The van der Waals surface area contributed by atoms with Crippen LogP contribution in [0.2, 0.25) is 0 Å². The van der Waals surface area contributed by atoms with Crippen LogP contribution in [0.25, 0.3) is 11.0 Å². The topological polar surface area (TPSA) is 35.0 Å². The molecular weight excluding hydrogens is 188 g/mol. The van der Waals surface area contributed by atoms with Crippen molar-refractivity contribution in [3.63, 3.8) is 0 Å². The molecule has 1 aromatic carbocycles. The Bertz CT molecular complexity index is 441. The summed E-state index contributed by atoms with van der Waals surface area (Å²) in [5.41, 5.74) is 2.69. The Kier molecular flexibility index (Phi) is 4.03. The van der Waals surface area contributed by atoms with E-state index in [2.05, 4.69) is 9.97 Å². The van der Waals surface area contributed by atoms with Gasteiger partial charge < -0.3 is 4.74 Å². The van der Waals surface area contributed by atoms with E-state index in [-0.39, 0.29) is 0 Å². The lowest BCUT2D eigenvalue weighted by Crippen LogP contribution is -1.88. The average molecular weight is 204 g/mol. The number of benzene rings is 1. The number of hydrogen-bond acceptors (Lipinski definition) is 3. The molecule has 80 valence electrons. The van der Waals surface area contributed by atoms with E-state index < -0.39 is 0 Å². The molecule has 1 heterocycles. The van der Waals surface area contributed by atoms with Gasteiger partial charge in [-0.2, -0.15) is 0 Å². The third-order valence-corrected chi connectivity index (χ3v) is 1.87. The highest BCUT2D eigenvalue weighted by Gasteiger charge is 1.98. The molecule has 1 aromatic heterocycles. The van der Waals surface area contributed by atoms with Crippen molar-refractivity contribution in [3.8, 4) is 5.75 Å². The first kappa shape index (κ1) is 11.4. The quantitative estimate of drug-likeness (QED) is 0.716. The standard InChI is InChI=1S/C10H10N2O.C2H6/c1-7-6-11-9-4-3-8(13-2)5-10(9)12-7;1-2/h3-6H,1-2H3;1-2H3. The molecular formula is C12H16N2O. The number of nitrogens with zero attached hydrogens (tertiary/aromatic N) is 2. The van der Waals surface area contributed by atoms with Gasteiger partial charge in [0.25, 0.3) is 0 Å². The predicted molar refractivity (Wildman–Crippen MR) is 62.2 cm³/mol. The molecule has 0 radical (unpaired) electrons. The Labute approximate surface area is 90.1 Å². The molecule has 0 aliphatic carbocycles. The van der Waals surface area contributed by atoms with Crippen LogP contribution in [-0.2, 0) is 0 Å². The molecule has 0 bridgehead atoms. The first-order valence-corrected chi connectivity index (χ1v) is 5.07. The van der Waals surface area contributed by atoms with Gasteiger partial charge in [0, 0.05) is 12.3 Å². The zero-order valence-corrected chi connectivity index (χ0v) is 9.61. The van der Waals surface area contributed by atoms with Gasteiger partial charge in [0.2, 0.25) is 0 Å². The fourth-order valence-corrected chi connectivity index (χ4v) is 1.21. The maximum Gasteiger partial charge on any atom is 0.121 e. The van der Waals surface area contributed by atoms with Gasteiger partial charge in [0.05, 0.1) is 23.8 Å². The monoisotopic (exact) mass is 204 g/mol. The van der Waals surface area contributed by atoms with Gasteiger partial charge in [-0.3, -0.25) is 4.98 Å². The Balaban J connectivity index is 0.000000531. The van der Waals surface area contributed by atoms with Crippen molar-refractivity contribution >= 4 is 11.0 Å². The van der Waals surface area contributed by atoms with Crippen LogP contribution in [0.15, 0.2) is 24.4 Å². The van der Waals surface area contributed by atoms with Crippen LogP contribution in [0, 0.1) is 6.92 Å². The van der Waals surface area contributed by atoms with E-state index >= 15 is 0 Å². The molecule has 0 atom stereocenters. The molecule has 0 spiro atoms. The van der Waals surface area contributed by atoms with Gasteiger partial charge in [-0.15, -0.1) is 0 Å². The number of hydrogen-bond donors (Lipinski definition) is 0. The van der Waals surface area contributed by atoms with Crippen molar-refractivity contribution in [1.29, 1.82) is 0 Å². The second-order valence-electron chi connectivity index (χ2n) is 2.87. The van der Waals surface area contributed by atoms with Crippen molar-refractivity contribution in [2.24, 2.45) is 0 Å². The highest BCUT2D eigenvalue weighted by Crippen LogP contribution is 2.16. The van der Waals surface area contributed by atoms with Crippen LogP contribution in [0.3, 0.4) is 0 Å². The number of rotatable bonds is 1. The van der Waals surface area contributed by atoms with Gasteiger partial charge in [0.15, 0.2) is 0 Å². The zero-order chi connectivity index (χ0) is 11.3. The predicted octanol–water partition coefficient (Wildman–Crippen LogP) is 2.97. The molecule has 0 aliphatic rings. The van der Waals surface area contributed by atoms with Crippen LogP contribution in [0.4, 0.5) is 0 Å². The maximum atomic E-state index is 5.09. The summed E-state index contributed by atoms with van der Waals surface area (Å²) >= 11 is 0. The third-order valence-electron chi connectivity index (χ3n) is 1.87. The molecule has 15 heavy (non-hydrogen) atoms. The summed E-state index contributed by atoms with van der Waals surface area (Å²) in [4.78, 5) is 8.58. The molecule has 3 heteroatoms. The minimum absolute atomic E-state index is 0.812. The van der Waals surface area contributed by atoms with Crippen LogP contribution in [0.1, 0.15) is 19.5 Å². The lowest BCUT2D eigenvalue weighted by Gasteiger charge is -2.01. The SMILES string of the molecule is CC.COc1ccc2ncc(C)nc2c1. The minimum atomic E-state index is 0.812. The Morgan fingerprint density at radius 1 is 1.13 bits per heavy atom. The van der Waals surface area contributed by atoms with Gasteiger partial charge in [-0.25, -0.2) is 4.98 Å². The fourth-order valence-electron chi connectivity index (χ4n) is 1.21. The van der Waals surface area contributed by atoms with E-state index in [4.69, 9.17) is 4.74 Å².